The third kappa shape index (κ3) is 3.00. The van der Waals surface area contributed by atoms with Crippen molar-refractivity contribution in [3.63, 3.8) is 0 Å². The third-order valence-corrected chi connectivity index (χ3v) is 6.05. The fraction of sp³-hybridized carbons (Fsp3) is 0.143. The molecule has 3 rings (SSSR count). The Balaban J connectivity index is 1.98. The molecule has 0 bridgehead atoms. The predicted octanol–water partition coefficient (Wildman–Crippen LogP) is 3.15. The van der Waals surface area contributed by atoms with E-state index in [9.17, 15) is 26.4 Å². The van der Waals surface area contributed by atoms with Gasteiger partial charge in [-0.3, -0.25) is 14.5 Å². The first-order valence-electron chi connectivity index (χ1n) is 6.74. The number of fused-ring (bicyclic) bond motifs is 1. The van der Waals surface area contributed by atoms with E-state index in [4.69, 9.17) is 0 Å². The Labute approximate surface area is 144 Å². The summed E-state index contributed by atoms with van der Waals surface area (Å²) in [5, 5.41) is 4.36. The molecule has 1 aromatic carbocycles. The minimum atomic E-state index is -4.55. The summed E-state index contributed by atoms with van der Waals surface area (Å²) in [6, 6.07) is 5.55. The highest BCUT2D eigenvalue weighted by molar-refractivity contribution is 8.09. The van der Waals surface area contributed by atoms with E-state index in [0.29, 0.717) is 0 Å². The van der Waals surface area contributed by atoms with Gasteiger partial charge in [0.05, 0.1) is 16.9 Å². The zero-order valence-corrected chi connectivity index (χ0v) is 14.2. The van der Waals surface area contributed by atoms with Gasteiger partial charge in [0.1, 0.15) is 4.88 Å². The highest BCUT2D eigenvalue weighted by Crippen LogP contribution is 2.34. The average molecular weight is 389 g/mol. The molecule has 0 radical (unpaired) electrons. The van der Waals surface area contributed by atoms with Gasteiger partial charge in [0.25, 0.3) is 10.0 Å². The van der Waals surface area contributed by atoms with Crippen molar-refractivity contribution < 1.29 is 26.4 Å². The summed E-state index contributed by atoms with van der Waals surface area (Å²) in [5.41, 5.74) is 1.45. The number of anilines is 2. The number of carbonyl (C=O) groups is 1. The Bertz CT molecular complexity index is 980. The fourth-order valence-corrected chi connectivity index (χ4v) is 4.34. The quantitative estimate of drug-likeness (QED) is 0.801. The smallest absolute Gasteiger partial charge is 0.285 e. The van der Waals surface area contributed by atoms with Crippen molar-refractivity contribution in [2.75, 3.05) is 16.8 Å². The molecule has 1 aliphatic heterocycles. The second-order valence-corrected chi connectivity index (χ2v) is 7.84. The monoisotopic (exact) mass is 389 g/mol. The van der Waals surface area contributed by atoms with Gasteiger partial charge in [-0.1, -0.05) is 6.07 Å². The zero-order valence-electron chi connectivity index (χ0n) is 12.5. The normalized spacial score (nSPS) is 18.3. The Kier molecular flexibility index (Phi) is 4.07. The van der Waals surface area contributed by atoms with Crippen molar-refractivity contribution in [2.45, 2.75) is 6.18 Å². The highest BCUT2D eigenvalue weighted by atomic mass is 32.2. The van der Waals surface area contributed by atoms with Crippen molar-refractivity contribution in [3.05, 3.63) is 46.2 Å². The van der Waals surface area contributed by atoms with Crippen molar-refractivity contribution in [1.29, 1.82) is 0 Å². The van der Waals surface area contributed by atoms with Gasteiger partial charge in [0.15, 0.2) is 0 Å². The van der Waals surface area contributed by atoms with Gasteiger partial charge in [-0.2, -0.15) is 26.7 Å². The minimum absolute atomic E-state index is 0.0926. The molecule has 0 spiro atoms. The molecule has 0 atom stereocenters. The summed E-state index contributed by atoms with van der Waals surface area (Å²) in [6.45, 7) is 0. The van der Waals surface area contributed by atoms with Crippen molar-refractivity contribution in [1.82, 2.24) is 0 Å². The van der Waals surface area contributed by atoms with Gasteiger partial charge in [0.2, 0.25) is 10.8 Å². The molecule has 2 heterocycles. The highest BCUT2D eigenvalue weighted by Gasteiger charge is 2.41. The maximum Gasteiger partial charge on any atom is 0.416 e. The summed E-state index contributed by atoms with van der Waals surface area (Å²) < 4.78 is 63.8. The first-order valence-corrected chi connectivity index (χ1v) is 9.06. The van der Waals surface area contributed by atoms with Crippen LogP contribution in [0.4, 0.5) is 24.5 Å². The summed E-state index contributed by atoms with van der Waals surface area (Å²) in [4.78, 5) is 12.5. The molecule has 1 N–H and O–H groups in total. The van der Waals surface area contributed by atoms with Gasteiger partial charge < -0.3 is 0 Å². The van der Waals surface area contributed by atoms with E-state index >= 15 is 0 Å². The number of hydrazone groups is 1. The van der Waals surface area contributed by atoms with Gasteiger partial charge in [0, 0.05) is 7.05 Å². The largest absolute Gasteiger partial charge is 0.416 e. The number of thiophene rings is 1. The number of alkyl halides is 3. The number of rotatable bonds is 2. The van der Waals surface area contributed by atoms with Crippen LogP contribution in [-0.2, 0) is 16.2 Å². The van der Waals surface area contributed by atoms with Crippen LogP contribution in [0, 0.1) is 0 Å². The van der Waals surface area contributed by atoms with Crippen LogP contribution >= 0.6 is 11.3 Å². The topological polar surface area (TPSA) is 78.8 Å². The van der Waals surface area contributed by atoms with E-state index in [1.807, 2.05) is 0 Å². The van der Waals surface area contributed by atoms with Crippen LogP contribution in [0.2, 0.25) is 0 Å². The van der Waals surface area contributed by atoms with Crippen LogP contribution < -0.4 is 9.73 Å². The van der Waals surface area contributed by atoms with Gasteiger partial charge in [-0.05, 0) is 29.6 Å². The van der Waals surface area contributed by atoms with E-state index in [1.54, 1.807) is 5.38 Å². The predicted molar refractivity (Wildman–Crippen MR) is 88.5 cm³/mol. The van der Waals surface area contributed by atoms with E-state index in [1.165, 1.54) is 19.2 Å². The van der Waals surface area contributed by atoms with Crippen LogP contribution in [0.3, 0.4) is 0 Å². The van der Waals surface area contributed by atoms with E-state index < -0.39 is 32.6 Å². The van der Waals surface area contributed by atoms with Crippen molar-refractivity contribution in [2.24, 2.45) is 5.10 Å². The van der Waals surface area contributed by atoms with Crippen molar-refractivity contribution >= 4 is 43.6 Å². The number of carbonyl (C=O) groups excluding carboxylic acids is 1. The van der Waals surface area contributed by atoms with Gasteiger partial charge in [-0.25, -0.2) is 0 Å². The molecule has 2 aromatic rings. The number of benzene rings is 1. The third-order valence-electron chi connectivity index (χ3n) is 3.47. The molecule has 0 aliphatic carbocycles. The molecule has 11 heteroatoms. The molecule has 0 fully saturated rings. The summed E-state index contributed by atoms with van der Waals surface area (Å²) in [5.74, 6) is -0.803. The average Bonchev–Trinajstić information content (AvgIpc) is 3.02. The van der Waals surface area contributed by atoms with Crippen LogP contribution in [0.15, 0.2) is 40.8 Å². The van der Waals surface area contributed by atoms with E-state index in [-0.39, 0.29) is 16.3 Å². The minimum Gasteiger partial charge on any atom is -0.285 e. The number of hydrogen-bond acceptors (Lipinski definition) is 6. The van der Waals surface area contributed by atoms with E-state index in [0.717, 1.165) is 33.8 Å². The molecular formula is C14H10F3N3O3S2. The number of nitrogens with one attached hydrogen (secondary N) is 1. The van der Waals surface area contributed by atoms with Crippen molar-refractivity contribution in [3.8, 4) is 0 Å². The molecule has 1 aliphatic rings. The summed E-state index contributed by atoms with van der Waals surface area (Å²) >= 11 is 1.06. The molecule has 0 saturated heterocycles. The first kappa shape index (κ1) is 17.4. The lowest BCUT2D eigenvalue weighted by Gasteiger charge is -2.24. The standard InChI is InChI=1S/C14H10F3N3O3S2/c1-20-10-5-6-24-12(10)11(21)13(25(20,22)23)19-18-9-4-2-3-8(7-9)14(15,16)17/h2-7,18H,1H3. The Morgan fingerprint density at radius 3 is 2.64 bits per heavy atom. The number of ketones is 1. The van der Waals surface area contributed by atoms with Gasteiger partial charge in [-0.15, -0.1) is 11.3 Å². The molecule has 25 heavy (non-hydrogen) atoms. The number of sulfonamides is 1. The van der Waals surface area contributed by atoms with E-state index in [2.05, 4.69) is 10.5 Å². The number of hydrogen-bond donors (Lipinski definition) is 1. The van der Waals surface area contributed by atoms with Crippen LogP contribution in [0.1, 0.15) is 15.2 Å². The lowest BCUT2D eigenvalue weighted by Crippen LogP contribution is -2.42. The van der Waals surface area contributed by atoms with Crippen LogP contribution in [-0.4, -0.2) is 26.3 Å². The molecule has 0 unspecified atom stereocenters. The molecule has 6 nitrogen and oxygen atoms in total. The zero-order chi connectivity index (χ0) is 18.4. The molecule has 0 saturated carbocycles. The lowest BCUT2D eigenvalue weighted by molar-refractivity contribution is -0.137. The van der Waals surface area contributed by atoms with Crippen LogP contribution in [0.25, 0.3) is 0 Å². The number of Topliss-reactive ketones (excluding diaryl/α,β-unsaturated/α-hetero) is 1. The number of nitrogens with zero attached hydrogens (tertiary/aromatic N) is 2. The number of halogens is 3. The molecule has 132 valence electrons. The Hall–Kier alpha value is -2.40. The SMILES string of the molecule is CN1c2ccsc2C(=O)C(=NNc2cccc(C(F)(F)F)c2)S1(=O)=O. The second kappa shape index (κ2) is 5.85. The molecule has 1 aromatic heterocycles. The maximum absolute atomic E-state index is 12.7. The maximum atomic E-state index is 12.7. The summed E-state index contributed by atoms with van der Waals surface area (Å²) in [7, 11) is -2.92. The molecular weight excluding hydrogens is 379 g/mol. The second-order valence-electron chi connectivity index (χ2n) is 5.04. The Morgan fingerprint density at radius 2 is 1.96 bits per heavy atom. The Morgan fingerprint density at radius 1 is 1.24 bits per heavy atom. The fourth-order valence-electron chi connectivity index (χ4n) is 2.18. The summed E-state index contributed by atoms with van der Waals surface area (Å²) in [6.07, 6.45) is -4.55. The van der Waals surface area contributed by atoms with Gasteiger partial charge >= 0.3 is 6.18 Å². The molecule has 0 amide bonds. The lowest BCUT2D eigenvalue weighted by atomic mass is 10.2. The first-order chi connectivity index (χ1) is 11.6. The van der Waals surface area contributed by atoms with Crippen LogP contribution in [0.5, 0.6) is 0 Å².